The van der Waals surface area contributed by atoms with E-state index in [0.717, 1.165) is 38.5 Å². The van der Waals surface area contributed by atoms with Crippen molar-refractivity contribution in [1.82, 2.24) is 5.32 Å². The molecule has 2 aliphatic rings. The van der Waals surface area contributed by atoms with Crippen LogP contribution in [-0.4, -0.2) is 39.1 Å². The average Bonchev–Trinajstić information content (AvgIpc) is 2.70. The van der Waals surface area contributed by atoms with Crippen molar-refractivity contribution in [3.05, 3.63) is 35.6 Å². The van der Waals surface area contributed by atoms with Crippen LogP contribution in [0.5, 0.6) is 0 Å². The Morgan fingerprint density at radius 1 is 0.828 bits per heavy atom. The van der Waals surface area contributed by atoms with Crippen LogP contribution in [0.3, 0.4) is 0 Å². The highest BCUT2D eigenvalue weighted by atomic mass is 19.1. The predicted molar refractivity (Wildman–Crippen MR) is 105 cm³/mol. The molecule has 1 aromatic rings. The molecule has 2 fully saturated rings. The minimum atomic E-state index is -1.18. The standard InChI is InChI=1S/C14H16FNO3.C7H13NO2/c15-11-6-4-10(5-7-11)12(17)16-14(13(18)19)8-2-1-3-9-14;8-7(6(9)10)4-2-1-3-5-7/h4-7H,1-3,8-9H2,(H,16,17)(H,18,19);1-5,8H2,(H,9,10). The fraction of sp³-hybridized carbons (Fsp3) is 0.571. The van der Waals surface area contributed by atoms with Gasteiger partial charge in [-0.1, -0.05) is 38.5 Å². The number of nitrogens with one attached hydrogen (secondary N) is 1. The Morgan fingerprint density at radius 3 is 1.72 bits per heavy atom. The molecule has 2 aliphatic carbocycles. The van der Waals surface area contributed by atoms with E-state index in [4.69, 9.17) is 10.8 Å². The minimum absolute atomic E-state index is 0.271. The summed E-state index contributed by atoms with van der Waals surface area (Å²) in [4.78, 5) is 34.0. The van der Waals surface area contributed by atoms with Crippen molar-refractivity contribution >= 4 is 17.8 Å². The molecular formula is C21H29FN2O5. The lowest BCUT2D eigenvalue weighted by Crippen LogP contribution is -2.55. The minimum Gasteiger partial charge on any atom is -0.480 e. The fourth-order valence-corrected chi connectivity index (χ4v) is 3.83. The molecule has 0 bridgehead atoms. The zero-order valence-corrected chi connectivity index (χ0v) is 16.5. The summed E-state index contributed by atoms with van der Waals surface area (Å²) in [5.74, 6) is -2.73. The molecule has 5 N–H and O–H groups in total. The number of benzene rings is 1. The van der Waals surface area contributed by atoms with Crippen LogP contribution in [0.1, 0.15) is 74.6 Å². The van der Waals surface area contributed by atoms with Gasteiger partial charge < -0.3 is 21.3 Å². The highest BCUT2D eigenvalue weighted by molar-refractivity contribution is 5.97. The SMILES string of the molecule is NC1(C(=O)O)CCCCC1.O=C(NC1(C(=O)O)CCCCC1)c1ccc(F)cc1. The smallest absolute Gasteiger partial charge is 0.329 e. The van der Waals surface area contributed by atoms with Crippen LogP contribution in [0, 0.1) is 5.82 Å². The lowest BCUT2D eigenvalue weighted by molar-refractivity contribution is -0.146. The molecule has 0 aliphatic heterocycles. The summed E-state index contributed by atoms with van der Waals surface area (Å²) < 4.78 is 12.8. The number of hydrogen-bond donors (Lipinski definition) is 4. The van der Waals surface area contributed by atoms with Crippen LogP contribution in [0.2, 0.25) is 0 Å². The summed E-state index contributed by atoms with van der Waals surface area (Å²) in [7, 11) is 0. The molecule has 1 amide bonds. The van der Waals surface area contributed by atoms with E-state index in [1.807, 2.05) is 0 Å². The van der Waals surface area contributed by atoms with Gasteiger partial charge in [0.1, 0.15) is 16.9 Å². The molecule has 0 radical (unpaired) electrons. The molecule has 0 spiro atoms. The molecule has 0 heterocycles. The molecule has 0 aromatic heterocycles. The highest BCUT2D eigenvalue weighted by Crippen LogP contribution is 2.29. The summed E-state index contributed by atoms with van der Waals surface area (Å²) in [6, 6.07) is 5.07. The zero-order valence-electron chi connectivity index (χ0n) is 16.5. The van der Waals surface area contributed by atoms with Crippen molar-refractivity contribution in [2.75, 3.05) is 0 Å². The predicted octanol–water partition coefficient (Wildman–Crippen LogP) is 3.08. The third-order valence-electron chi connectivity index (χ3n) is 5.75. The highest BCUT2D eigenvalue weighted by Gasteiger charge is 2.41. The van der Waals surface area contributed by atoms with Crippen LogP contribution < -0.4 is 11.1 Å². The van der Waals surface area contributed by atoms with E-state index in [0.29, 0.717) is 25.7 Å². The van der Waals surface area contributed by atoms with Gasteiger partial charge in [0.15, 0.2) is 0 Å². The molecule has 0 unspecified atom stereocenters. The average molecular weight is 408 g/mol. The van der Waals surface area contributed by atoms with E-state index in [9.17, 15) is 23.9 Å². The van der Waals surface area contributed by atoms with Crippen molar-refractivity contribution in [2.45, 2.75) is 75.3 Å². The third-order valence-corrected chi connectivity index (χ3v) is 5.75. The van der Waals surface area contributed by atoms with Gasteiger partial charge in [-0.3, -0.25) is 9.59 Å². The second-order valence-electron chi connectivity index (χ2n) is 7.93. The van der Waals surface area contributed by atoms with Crippen LogP contribution >= 0.6 is 0 Å². The summed E-state index contributed by atoms with van der Waals surface area (Å²) in [6.45, 7) is 0. The van der Waals surface area contributed by atoms with Crippen molar-refractivity contribution in [2.24, 2.45) is 5.73 Å². The van der Waals surface area contributed by atoms with Gasteiger partial charge in [-0.05, 0) is 49.9 Å². The number of carboxylic acids is 2. The number of rotatable bonds is 4. The van der Waals surface area contributed by atoms with Gasteiger partial charge >= 0.3 is 11.9 Å². The van der Waals surface area contributed by atoms with Crippen LogP contribution in [-0.2, 0) is 9.59 Å². The normalized spacial score (nSPS) is 19.9. The maximum Gasteiger partial charge on any atom is 0.329 e. The first kappa shape index (κ1) is 22.8. The summed E-state index contributed by atoms with van der Waals surface area (Å²) in [6.07, 6.45) is 7.78. The van der Waals surface area contributed by atoms with Crippen LogP contribution in [0.25, 0.3) is 0 Å². The van der Waals surface area contributed by atoms with E-state index in [-0.39, 0.29) is 5.56 Å². The molecule has 0 atom stereocenters. The van der Waals surface area contributed by atoms with Crippen LogP contribution in [0.15, 0.2) is 24.3 Å². The monoisotopic (exact) mass is 408 g/mol. The summed E-state index contributed by atoms with van der Waals surface area (Å²) in [5.41, 5.74) is 3.79. The molecule has 160 valence electrons. The summed E-state index contributed by atoms with van der Waals surface area (Å²) >= 11 is 0. The lowest BCUT2D eigenvalue weighted by atomic mass is 9.81. The van der Waals surface area contributed by atoms with Crippen molar-refractivity contribution < 1.29 is 29.0 Å². The molecule has 2 saturated carbocycles. The van der Waals surface area contributed by atoms with E-state index in [2.05, 4.69) is 5.32 Å². The first-order chi connectivity index (χ1) is 13.7. The molecule has 7 nitrogen and oxygen atoms in total. The number of nitrogens with two attached hydrogens (primary N) is 1. The first-order valence-corrected chi connectivity index (χ1v) is 10.0. The third kappa shape index (κ3) is 6.00. The molecular weight excluding hydrogens is 379 g/mol. The largest absolute Gasteiger partial charge is 0.480 e. The maximum absolute atomic E-state index is 12.8. The number of halogens is 1. The Kier molecular flexibility index (Phi) is 7.73. The van der Waals surface area contributed by atoms with Gasteiger partial charge in [-0.25, -0.2) is 9.18 Å². The fourth-order valence-electron chi connectivity index (χ4n) is 3.83. The van der Waals surface area contributed by atoms with Gasteiger partial charge in [0.25, 0.3) is 5.91 Å². The van der Waals surface area contributed by atoms with Gasteiger partial charge in [0, 0.05) is 5.56 Å². The van der Waals surface area contributed by atoms with E-state index in [1.165, 1.54) is 24.3 Å². The van der Waals surface area contributed by atoms with Crippen molar-refractivity contribution in [1.29, 1.82) is 0 Å². The number of amides is 1. The van der Waals surface area contributed by atoms with Gasteiger partial charge in [0.05, 0.1) is 0 Å². The summed E-state index contributed by atoms with van der Waals surface area (Å²) in [5, 5.41) is 20.6. The Labute approximate surface area is 169 Å². The van der Waals surface area contributed by atoms with E-state index < -0.39 is 34.7 Å². The Morgan fingerprint density at radius 2 is 1.31 bits per heavy atom. The number of aliphatic carboxylic acids is 2. The number of carbonyl (C=O) groups is 3. The first-order valence-electron chi connectivity index (χ1n) is 10.0. The molecule has 3 rings (SSSR count). The quantitative estimate of drug-likeness (QED) is 0.606. The molecule has 1 aromatic carbocycles. The van der Waals surface area contributed by atoms with Gasteiger partial charge in [0.2, 0.25) is 0 Å². The van der Waals surface area contributed by atoms with Crippen molar-refractivity contribution in [3.63, 3.8) is 0 Å². The number of carbonyl (C=O) groups excluding carboxylic acids is 1. The van der Waals surface area contributed by atoms with E-state index in [1.54, 1.807) is 0 Å². The second-order valence-corrected chi connectivity index (χ2v) is 7.93. The molecule has 8 heteroatoms. The van der Waals surface area contributed by atoms with Gasteiger partial charge in [-0.15, -0.1) is 0 Å². The maximum atomic E-state index is 12.8. The number of hydrogen-bond acceptors (Lipinski definition) is 4. The van der Waals surface area contributed by atoms with Crippen molar-refractivity contribution in [3.8, 4) is 0 Å². The van der Waals surface area contributed by atoms with Gasteiger partial charge in [-0.2, -0.15) is 0 Å². The molecule has 0 saturated heterocycles. The lowest BCUT2D eigenvalue weighted by Gasteiger charge is -2.33. The Balaban J connectivity index is 0.000000253. The van der Waals surface area contributed by atoms with E-state index >= 15 is 0 Å². The Hall–Kier alpha value is -2.48. The van der Waals surface area contributed by atoms with Crippen LogP contribution in [0.4, 0.5) is 4.39 Å². The Bertz CT molecular complexity index is 723. The number of carboxylic acid groups (broad SMARTS) is 2. The molecule has 29 heavy (non-hydrogen) atoms. The topological polar surface area (TPSA) is 130 Å². The zero-order chi connectivity index (χ0) is 21.5. The second kappa shape index (κ2) is 9.82.